The molecule has 1 saturated heterocycles. The molecule has 0 aromatic carbocycles. The number of rotatable bonds is 8. The summed E-state index contributed by atoms with van der Waals surface area (Å²) in [5.74, 6) is 1.93. The maximum atomic E-state index is 5.84. The summed E-state index contributed by atoms with van der Waals surface area (Å²) in [5, 5.41) is 0. The number of pyridine rings is 1. The molecule has 0 saturated carbocycles. The smallest absolute Gasteiger partial charge is 0.129 e. The van der Waals surface area contributed by atoms with Gasteiger partial charge in [-0.15, -0.1) is 0 Å². The second-order valence-corrected chi connectivity index (χ2v) is 6.88. The minimum atomic E-state index is 0.541. The molecule has 1 atom stereocenters. The molecular formula is C20H29N3O2. The summed E-state index contributed by atoms with van der Waals surface area (Å²) in [5.41, 5.74) is 1.17. The summed E-state index contributed by atoms with van der Waals surface area (Å²) >= 11 is 0. The molecular weight excluding hydrogens is 314 g/mol. The molecule has 136 valence electrons. The van der Waals surface area contributed by atoms with Gasteiger partial charge < -0.3 is 14.1 Å². The Bertz CT molecular complexity index is 629. The molecule has 1 aliphatic heterocycles. The molecule has 3 rings (SSSR count). The monoisotopic (exact) mass is 343 g/mol. The Kier molecular flexibility index (Phi) is 6.62. The van der Waals surface area contributed by atoms with Gasteiger partial charge in [-0.3, -0.25) is 9.88 Å². The lowest BCUT2D eigenvalue weighted by molar-refractivity contribution is 0.104. The van der Waals surface area contributed by atoms with Crippen LogP contribution in [0.3, 0.4) is 0 Å². The van der Waals surface area contributed by atoms with Crippen LogP contribution in [0.25, 0.3) is 0 Å². The number of furan rings is 1. The van der Waals surface area contributed by atoms with E-state index in [1.54, 1.807) is 7.11 Å². The molecule has 5 nitrogen and oxygen atoms in total. The Morgan fingerprint density at radius 3 is 2.96 bits per heavy atom. The molecule has 3 heterocycles. The van der Waals surface area contributed by atoms with E-state index >= 15 is 0 Å². The van der Waals surface area contributed by atoms with Crippen LogP contribution in [0.4, 0.5) is 0 Å². The minimum absolute atomic E-state index is 0.541. The van der Waals surface area contributed by atoms with Gasteiger partial charge in [0.05, 0.1) is 6.54 Å². The zero-order valence-electron chi connectivity index (χ0n) is 15.4. The van der Waals surface area contributed by atoms with Crippen LogP contribution in [0.15, 0.2) is 40.9 Å². The fraction of sp³-hybridized carbons (Fsp3) is 0.550. The predicted octanol–water partition coefficient (Wildman–Crippen LogP) is 2.96. The van der Waals surface area contributed by atoms with Gasteiger partial charge in [-0.2, -0.15) is 0 Å². The Hall–Kier alpha value is -1.69. The summed E-state index contributed by atoms with van der Waals surface area (Å²) in [4.78, 5) is 9.41. The lowest BCUT2D eigenvalue weighted by Gasteiger charge is -2.37. The van der Waals surface area contributed by atoms with Crippen LogP contribution in [0.2, 0.25) is 0 Å². The van der Waals surface area contributed by atoms with Gasteiger partial charge in [-0.05, 0) is 50.7 Å². The van der Waals surface area contributed by atoms with Crippen LogP contribution in [-0.4, -0.2) is 54.6 Å². The van der Waals surface area contributed by atoms with Crippen LogP contribution in [0, 0.1) is 0 Å². The minimum Gasteiger partial charge on any atom is -0.462 e. The fourth-order valence-corrected chi connectivity index (χ4v) is 3.50. The number of hydrogen-bond acceptors (Lipinski definition) is 5. The number of piperidine rings is 1. The molecule has 0 amide bonds. The average molecular weight is 343 g/mol. The molecule has 0 N–H and O–H groups in total. The Morgan fingerprint density at radius 1 is 1.28 bits per heavy atom. The molecule has 2 aromatic rings. The van der Waals surface area contributed by atoms with Gasteiger partial charge in [0, 0.05) is 44.6 Å². The second kappa shape index (κ2) is 9.13. The highest BCUT2D eigenvalue weighted by molar-refractivity contribution is 5.07. The summed E-state index contributed by atoms with van der Waals surface area (Å²) in [7, 11) is 3.93. The van der Waals surface area contributed by atoms with Crippen molar-refractivity contribution in [3.8, 4) is 0 Å². The highest BCUT2D eigenvalue weighted by Gasteiger charge is 2.23. The van der Waals surface area contributed by atoms with Crippen molar-refractivity contribution in [2.75, 3.05) is 33.8 Å². The first-order valence-electron chi connectivity index (χ1n) is 9.13. The van der Waals surface area contributed by atoms with Crippen LogP contribution in [-0.2, 0) is 24.3 Å². The zero-order chi connectivity index (χ0) is 17.5. The van der Waals surface area contributed by atoms with E-state index in [9.17, 15) is 0 Å². The number of methoxy groups -OCH3 is 1. The number of nitrogens with zero attached hydrogens (tertiary/aromatic N) is 3. The van der Waals surface area contributed by atoms with Crippen molar-refractivity contribution >= 4 is 0 Å². The standard InChI is InChI=1S/C20H29N3O2/c1-22(13-10-17-6-3-4-11-21-17)18-7-5-12-23(14-18)15-19-8-9-20(25-19)16-24-2/h3-4,6,8-9,11,18H,5,7,10,12-16H2,1-2H3/t18-/m0/s1. The fourth-order valence-electron chi connectivity index (χ4n) is 3.50. The highest BCUT2D eigenvalue weighted by Crippen LogP contribution is 2.19. The summed E-state index contributed by atoms with van der Waals surface area (Å²) in [6, 6.07) is 10.8. The predicted molar refractivity (Wildman–Crippen MR) is 98.3 cm³/mol. The summed E-state index contributed by atoms with van der Waals surface area (Å²) in [6.45, 7) is 4.71. The quantitative estimate of drug-likeness (QED) is 0.737. The van der Waals surface area contributed by atoms with Crippen LogP contribution < -0.4 is 0 Å². The van der Waals surface area contributed by atoms with Crippen LogP contribution >= 0.6 is 0 Å². The lowest BCUT2D eigenvalue weighted by atomic mass is 10.0. The summed E-state index contributed by atoms with van der Waals surface area (Å²) < 4.78 is 11.0. The van der Waals surface area contributed by atoms with Gasteiger partial charge in [-0.1, -0.05) is 6.07 Å². The van der Waals surface area contributed by atoms with Crippen molar-refractivity contribution in [2.45, 2.75) is 38.5 Å². The van der Waals surface area contributed by atoms with Gasteiger partial charge in [0.15, 0.2) is 0 Å². The molecule has 2 aromatic heterocycles. The molecule has 25 heavy (non-hydrogen) atoms. The molecule has 1 fully saturated rings. The number of likely N-dealkylation sites (N-methyl/N-ethyl adjacent to an activating group) is 1. The van der Waals surface area contributed by atoms with Gasteiger partial charge in [0.1, 0.15) is 18.1 Å². The molecule has 0 radical (unpaired) electrons. The maximum Gasteiger partial charge on any atom is 0.129 e. The van der Waals surface area contributed by atoms with Crippen molar-refractivity contribution < 1.29 is 9.15 Å². The van der Waals surface area contributed by atoms with E-state index in [1.165, 1.54) is 18.5 Å². The van der Waals surface area contributed by atoms with E-state index in [2.05, 4.69) is 40.0 Å². The molecule has 0 aliphatic carbocycles. The zero-order valence-corrected chi connectivity index (χ0v) is 15.4. The van der Waals surface area contributed by atoms with Gasteiger partial charge >= 0.3 is 0 Å². The van der Waals surface area contributed by atoms with E-state index < -0.39 is 0 Å². The van der Waals surface area contributed by atoms with E-state index in [0.29, 0.717) is 12.6 Å². The van der Waals surface area contributed by atoms with Crippen molar-refractivity contribution in [2.24, 2.45) is 0 Å². The van der Waals surface area contributed by atoms with Crippen molar-refractivity contribution in [3.63, 3.8) is 0 Å². The first kappa shape index (κ1) is 18.1. The number of likely N-dealkylation sites (tertiary alicyclic amines) is 1. The first-order chi connectivity index (χ1) is 12.2. The van der Waals surface area contributed by atoms with E-state index in [1.807, 2.05) is 18.3 Å². The first-order valence-corrected chi connectivity index (χ1v) is 9.13. The Morgan fingerprint density at radius 2 is 2.16 bits per heavy atom. The van der Waals surface area contributed by atoms with Crippen molar-refractivity contribution in [3.05, 3.63) is 53.7 Å². The third-order valence-electron chi connectivity index (χ3n) is 4.93. The van der Waals surface area contributed by atoms with Gasteiger partial charge in [0.2, 0.25) is 0 Å². The third kappa shape index (κ3) is 5.39. The number of ether oxygens (including phenoxy) is 1. The molecule has 1 aliphatic rings. The van der Waals surface area contributed by atoms with Gasteiger partial charge in [-0.25, -0.2) is 0 Å². The van der Waals surface area contributed by atoms with E-state index in [4.69, 9.17) is 9.15 Å². The van der Waals surface area contributed by atoms with Gasteiger partial charge in [0.25, 0.3) is 0 Å². The molecule has 0 bridgehead atoms. The Labute approximate surface area is 150 Å². The SMILES string of the molecule is COCc1ccc(CN2CCC[C@H](N(C)CCc3ccccn3)C2)o1. The lowest BCUT2D eigenvalue weighted by Crippen LogP contribution is -2.46. The molecule has 0 unspecified atom stereocenters. The largest absolute Gasteiger partial charge is 0.462 e. The highest BCUT2D eigenvalue weighted by atomic mass is 16.5. The van der Waals surface area contributed by atoms with Crippen LogP contribution in [0.1, 0.15) is 30.1 Å². The van der Waals surface area contributed by atoms with Crippen molar-refractivity contribution in [1.82, 2.24) is 14.8 Å². The van der Waals surface area contributed by atoms with Crippen molar-refractivity contribution in [1.29, 1.82) is 0 Å². The third-order valence-corrected chi connectivity index (χ3v) is 4.93. The average Bonchev–Trinajstić information content (AvgIpc) is 3.08. The second-order valence-electron chi connectivity index (χ2n) is 6.88. The molecule has 5 heteroatoms. The maximum absolute atomic E-state index is 5.84. The number of hydrogen-bond donors (Lipinski definition) is 0. The van der Waals surface area contributed by atoms with E-state index in [0.717, 1.165) is 44.1 Å². The summed E-state index contributed by atoms with van der Waals surface area (Å²) in [6.07, 6.45) is 5.39. The van der Waals surface area contributed by atoms with Crippen LogP contribution in [0.5, 0.6) is 0 Å². The number of aromatic nitrogens is 1. The molecule has 0 spiro atoms. The normalized spacial score (nSPS) is 18.8. The topological polar surface area (TPSA) is 41.7 Å². The van der Waals surface area contributed by atoms with E-state index in [-0.39, 0.29) is 0 Å². The Balaban J connectivity index is 1.48.